The quantitative estimate of drug-likeness (QED) is 0.739. The number of amides is 1. The van der Waals surface area contributed by atoms with Gasteiger partial charge >= 0.3 is 0 Å². The molecule has 0 aromatic heterocycles. The molecule has 1 fully saturated rings. The summed E-state index contributed by atoms with van der Waals surface area (Å²) in [5.74, 6) is -0.451. The van der Waals surface area contributed by atoms with Crippen molar-refractivity contribution in [3.63, 3.8) is 0 Å². The van der Waals surface area contributed by atoms with Gasteiger partial charge in [0.05, 0.1) is 18.1 Å². The van der Waals surface area contributed by atoms with Crippen LogP contribution < -0.4 is 4.90 Å². The van der Waals surface area contributed by atoms with Crippen LogP contribution in [0.5, 0.6) is 0 Å². The van der Waals surface area contributed by atoms with Gasteiger partial charge in [-0.05, 0) is 48.4 Å². The van der Waals surface area contributed by atoms with Crippen LogP contribution in [0.25, 0.3) is 0 Å². The van der Waals surface area contributed by atoms with Crippen molar-refractivity contribution in [2.75, 3.05) is 38.3 Å². The molecular weight excluding hydrogens is 383 g/mol. The largest absolute Gasteiger partial charge is 0.379 e. The summed E-state index contributed by atoms with van der Waals surface area (Å²) in [7, 11) is -1.87. The lowest BCUT2D eigenvalue weighted by Crippen LogP contribution is -2.40. The zero-order chi connectivity index (χ0) is 20.1. The topological polar surface area (TPSA) is 66.9 Å². The minimum atomic E-state index is -3.52. The highest BCUT2D eigenvalue weighted by Gasteiger charge is 2.26. The first-order valence-corrected chi connectivity index (χ1v) is 10.5. The van der Waals surface area contributed by atoms with Crippen molar-refractivity contribution < 1.29 is 22.3 Å². The molecule has 0 atom stereocenters. The van der Waals surface area contributed by atoms with Crippen LogP contribution in [0.2, 0.25) is 0 Å². The number of carbonyl (C=O) groups excluding carboxylic acids is 1. The van der Waals surface area contributed by atoms with E-state index in [9.17, 15) is 17.6 Å². The van der Waals surface area contributed by atoms with Crippen molar-refractivity contribution in [3.8, 4) is 0 Å². The Morgan fingerprint density at radius 1 is 1.07 bits per heavy atom. The van der Waals surface area contributed by atoms with Crippen molar-refractivity contribution >= 4 is 21.6 Å². The highest BCUT2D eigenvalue weighted by atomic mass is 32.2. The maximum Gasteiger partial charge on any atom is 0.243 e. The predicted molar refractivity (Wildman–Crippen MR) is 104 cm³/mol. The summed E-state index contributed by atoms with van der Waals surface area (Å²) in [6.07, 6.45) is 0.756. The first-order valence-electron chi connectivity index (χ1n) is 9.07. The molecule has 0 radical (unpaired) electrons. The zero-order valence-electron chi connectivity index (χ0n) is 15.7. The number of sulfonamides is 1. The fourth-order valence-corrected chi connectivity index (χ4v) is 4.40. The Balaban J connectivity index is 1.59. The van der Waals surface area contributed by atoms with E-state index in [1.165, 1.54) is 21.3 Å². The molecule has 0 unspecified atom stereocenters. The summed E-state index contributed by atoms with van der Waals surface area (Å²) >= 11 is 0. The zero-order valence-corrected chi connectivity index (χ0v) is 16.5. The van der Waals surface area contributed by atoms with Crippen LogP contribution in [0.1, 0.15) is 12.0 Å². The molecule has 28 heavy (non-hydrogen) atoms. The number of ether oxygens (including phenoxy) is 1. The molecule has 0 saturated carbocycles. The molecule has 0 aliphatic carbocycles. The minimum Gasteiger partial charge on any atom is -0.379 e. The van der Waals surface area contributed by atoms with Crippen LogP contribution in [0.4, 0.5) is 10.1 Å². The molecule has 150 valence electrons. The Morgan fingerprint density at radius 2 is 1.68 bits per heavy atom. The number of benzene rings is 2. The van der Waals surface area contributed by atoms with Crippen molar-refractivity contribution in [2.24, 2.45) is 0 Å². The Kier molecular flexibility index (Phi) is 6.43. The normalized spacial score (nSPS) is 15.4. The van der Waals surface area contributed by atoms with Crippen LogP contribution >= 0.6 is 0 Å². The summed E-state index contributed by atoms with van der Waals surface area (Å²) in [6, 6.07) is 12.4. The van der Waals surface area contributed by atoms with Crippen LogP contribution in [0.3, 0.4) is 0 Å². The molecule has 1 amide bonds. The van der Waals surface area contributed by atoms with Gasteiger partial charge < -0.3 is 9.64 Å². The van der Waals surface area contributed by atoms with Gasteiger partial charge in [0, 0.05) is 32.2 Å². The number of carbonyl (C=O) groups is 1. The fraction of sp³-hybridized carbons (Fsp3) is 0.350. The van der Waals surface area contributed by atoms with Crippen LogP contribution in [-0.4, -0.2) is 52.0 Å². The molecule has 2 aromatic carbocycles. The number of anilines is 1. The van der Waals surface area contributed by atoms with Gasteiger partial charge in [0.25, 0.3) is 0 Å². The van der Waals surface area contributed by atoms with E-state index in [4.69, 9.17) is 4.74 Å². The monoisotopic (exact) mass is 406 g/mol. The number of hydrogen-bond acceptors (Lipinski definition) is 4. The van der Waals surface area contributed by atoms with Crippen LogP contribution in [0, 0.1) is 5.82 Å². The lowest BCUT2D eigenvalue weighted by Gasteiger charge is -2.26. The summed E-state index contributed by atoms with van der Waals surface area (Å²) < 4.78 is 44.9. The first kappa shape index (κ1) is 20.4. The second-order valence-corrected chi connectivity index (χ2v) is 8.53. The highest BCUT2D eigenvalue weighted by Crippen LogP contribution is 2.19. The molecule has 1 saturated heterocycles. The number of nitrogens with zero attached hydrogens (tertiary/aromatic N) is 2. The van der Waals surface area contributed by atoms with E-state index < -0.39 is 10.0 Å². The molecule has 8 heteroatoms. The number of morpholine rings is 1. The third kappa shape index (κ3) is 4.76. The van der Waals surface area contributed by atoms with Crippen LogP contribution in [0.15, 0.2) is 53.4 Å². The molecule has 2 aromatic rings. The van der Waals surface area contributed by atoms with Gasteiger partial charge in [-0.3, -0.25) is 4.79 Å². The molecule has 0 spiro atoms. The Labute approximate surface area is 164 Å². The van der Waals surface area contributed by atoms with E-state index >= 15 is 0 Å². The first-order chi connectivity index (χ1) is 13.4. The molecule has 0 bridgehead atoms. The standard InChI is InChI=1S/C20H23FN2O4S/c1-22(18-7-5-17(21)6-8-18)20(24)11-4-16-2-9-19(10-3-16)28(25,26)23-12-14-27-15-13-23/h2-3,5-10H,4,11-15H2,1H3. The lowest BCUT2D eigenvalue weighted by molar-refractivity contribution is -0.118. The lowest BCUT2D eigenvalue weighted by atomic mass is 10.1. The fourth-order valence-electron chi connectivity index (χ4n) is 2.99. The highest BCUT2D eigenvalue weighted by molar-refractivity contribution is 7.89. The Bertz CT molecular complexity index is 908. The minimum absolute atomic E-state index is 0.100. The summed E-state index contributed by atoms with van der Waals surface area (Å²) in [5, 5.41) is 0. The smallest absolute Gasteiger partial charge is 0.243 e. The molecule has 0 N–H and O–H groups in total. The van der Waals surface area contributed by atoms with Gasteiger partial charge in [0.2, 0.25) is 15.9 Å². The van der Waals surface area contributed by atoms with E-state index in [0.29, 0.717) is 38.4 Å². The number of hydrogen-bond donors (Lipinski definition) is 0. The predicted octanol–water partition coefficient (Wildman–Crippen LogP) is 2.44. The second-order valence-electron chi connectivity index (χ2n) is 6.59. The third-order valence-electron chi connectivity index (χ3n) is 4.75. The van der Waals surface area contributed by atoms with Gasteiger partial charge in [-0.2, -0.15) is 4.31 Å². The average molecular weight is 406 g/mol. The molecule has 1 heterocycles. The third-order valence-corrected chi connectivity index (χ3v) is 6.66. The summed E-state index contributed by atoms with van der Waals surface area (Å²) in [6.45, 7) is 1.52. The van der Waals surface area contributed by atoms with E-state index in [-0.39, 0.29) is 23.0 Å². The maximum absolute atomic E-state index is 13.0. The average Bonchev–Trinajstić information content (AvgIpc) is 2.73. The number of halogens is 1. The van der Waals surface area contributed by atoms with Crippen LogP contribution in [-0.2, 0) is 26.0 Å². The van der Waals surface area contributed by atoms with Gasteiger partial charge in [-0.15, -0.1) is 0 Å². The maximum atomic E-state index is 13.0. The van der Waals surface area contributed by atoms with Gasteiger partial charge in [-0.25, -0.2) is 12.8 Å². The summed E-state index contributed by atoms with van der Waals surface area (Å²) in [4.78, 5) is 14.1. The van der Waals surface area contributed by atoms with E-state index in [1.807, 2.05) is 0 Å². The van der Waals surface area contributed by atoms with Gasteiger partial charge in [0.1, 0.15) is 5.82 Å². The van der Waals surface area contributed by atoms with Crippen molar-refractivity contribution in [1.29, 1.82) is 0 Å². The molecular formula is C20H23FN2O4S. The van der Waals surface area contributed by atoms with Gasteiger partial charge in [0.15, 0.2) is 0 Å². The SMILES string of the molecule is CN(C(=O)CCc1ccc(S(=O)(=O)N2CCOCC2)cc1)c1ccc(F)cc1. The molecule has 6 nitrogen and oxygen atoms in total. The van der Waals surface area contributed by atoms with E-state index in [0.717, 1.165) is 5.56 Å². The van der Waals surface area contributed by atoms with E-state index in [1.54, 1.807) is 43.4 Å². The molecule has 3 rings (SSSR count). The van der Waals surface area contributed by atoms with E-state index in [2.05, 4.69) is 0 Å². The Hall–Kier alpha value is -2.29. The second kappa shape index (κ2) is 8.81. The number of aryl methyl sites for hydroxylation is 1. The molecule has 1 aliphatic heterocycles. The van der Waals surface area contributed by atoms with Gasteiger partial charge in [-0.1, -0.05) is 12.1 Å². The number of rotatable bonds is 6. The van der Waals surface area contributed by atoms with Crippen molar-refractivity contribution in [3.05, 3.63) is 59.9 Å². The molecule has 1 aliphatic rings. The Morgan fingerprint density at radius 3 is 2.29 bits per heavy atom. The van der Waals surface area contributed by atoms with Crippen molar-refractivity contribution in [1.82, 2.24) is 4.31 Å². The summed E-state index contributed by atoms with van der Waals surface area (Å²) in [5.41, 5.74) is 1.50. The van der Waals surface area contributed by atoms with Crippen molar-refractivity contribution in [2.45, 2.75) is 17.7 Å².